The first-order valence-electron chi connectivity index (χ1n) is 6.03. The van der Waals surface area contributed by atoms with Crippen LogP contribution in [0.15, 0.2) is 0 Å². The van der Waals surface area contributed by atoms with E-state index >= 15 is 0 Å². The lowest BCUT2D eigenvalue weighted by Crippen LogP contribution is -2.37. The number of carboxylic acids is 1. The molecule has 1 fully saturated rings. The number of nitrogens with zero attached hydrogens (tertiary/aromatic N) is 1. The van der Waals surface area contributed by atoms with Crippen molar-refractivity contribution in [3.8, 4) is 12.3 Å². The second-order valence-corrected chi connectivity index (χ2v) is 4.47. The number of likely N-dealkylation sites (tertiary alicyclic amines) is 1. The fraction of sp³-hybridized carbons (Fsp3) is 0.692. The van der Waals surface area contributed by atoms with Crippen molar-refractivity contribution in [1.29, 1.82) is 0 Å². The van der Waals surface area contributed by atoms with Gasteiger partial charge in [0.25, 0.3) is 0 Å². The number of carbonyl (C=O) groups is 2. The van der Waals surface area contributed by atoms with Gasteiger partial charge in [0.1, 0.15) is 0 Å². The van der Waals surface area contributed by atoms with Gasteiger partial charge >= 0.3 is 5.97 Å². The molecule has 0 radical (unpaired) electrons. The summed E-state index contributed by atoms with van der Waals surface area (Å²) in [7, 11) is 0. The average molecular weight is 237 g/mol. The summed E-state index contributed by atoms with van der Waals surface area (Å²) in [5, 5.41) is 8.97. The van der Waals surface area contributed by atoms with Crippen LogP contribution in [0.25, 0.3) is 0 Å². The Morgan fingerprint density at radius 2 is 2.18 bits per heavy atom. The maximum Gasteiger partial charge on any atom is 0.308 e. The molecule has 4 heteroatoms. The third-order valence-electron chi connectivity index (χ3n) is 3.35. The van der Waals surface area contributed by atoms with Gasteiger partial charge in [-0.3, -0.25) is 9.59 Å². The maximum absolute atomic E-state index is 11.9. The van der Waals surface area contributed by atoms with Crippen molar-refractivity contribution >= 4 is 11.9 Å². The number of rotatable bonds is 5. The molecule has 1 N–H and O–H groups in total. The van der Waals surface area contributed by atoms with E-state index in [4.69, 9.17) is 11.5 Å². The van der Waals surface area contributed by atoms with E-state index in [0.29, 0.717) is 25.8 Å². The van der Waals surface area contributed by atoms with Gasteiger partial charge < -0.3 is 10.0 Å². The lowest BCUT2D eigenvalue weighted by molar-refractivity contribution is -0.143. The SMILES string of the molecule is C#CCCCCC(=O)N1CCC(C(=O)O)C1C. The summed E-state index contributed by atoms with van der Waals surface area (Å²) in [5.74, 6) is 1.38. The van der Waals surface area contributed by atoms with E-state index in [9.17, 15) is 9.59 Å². The normalized spacial score (nSPS) is 23.4. The number of terminal acetylenes is 1. The van der Waals surface area contributed by atoms with Gasteiger partial charge in [0.15, 0.2) is 0 Å². The maximum atomic E-state index is 11.9. The van der Waals surface area contributed by atoms with E-state index in [1.54, 1.807) is 4.90 Å². The summed E-state index contributed by atoms with van der Waals surface area (Å²) in [6.45, 7) is 2.37. The van der Waals surface area contributed by atoms with Gasteiger partial charge in [0.2, 0.25) is 5.91 Å². The Balaban J connectivity index is 2.38. The molecule has 4 nitrogen and oxygen atoms in total. The lowest BCUT2D eigenvalue weighted by atomic mass is 10.0. The standard InChI is InChI=1S/C13H19NO3/c1-3-4-5-6-7-12(15)14-9-8-11(10(14)2)13(16)17/h1,10-11H,4-9H2,2H3,(H,16,17). The molecular formula is C13H19NO3. The van der Waals surface area contributed by atoms with Crippen LogP contribution in [0.3, 0.4) is 0 Å². The third-order valence-corrected chi connectivity index (χ3v) is 3.35. The van der Waals surface area contributed by atoms with Gasteiger partial charge in [-0.15, -0.1) is 12.3 Å². The van der Waals surface area contributed by atoms with Crippen LogP contribution < -0.4 is 0 Å². The van der Waals surface area contributed by atoms with Crippen LogP contribution in [-0.2, 0) is 9.59 Å². The number of hydrogen-bond donors (Lipinski definition) is 1. The Kier molecular flexibility index (Phi) is 5.02. The monoisotopic (exact) mass is 237 g/mol. The van der Waals surface area contributed by atoms with E-state index in [-0.39, 0.29) is 11.9 Å². The van der Waals surface area contributed by atoms with Gasteiger partial charge in [-0.1, -0.05) is 0 Å². The number of amides is 1. The first kappa shape index (κ1) is 13.6. The van der Waals surface area contributed by atoms with Gasteiger partial charge in [-0.05, 0) is 26.2 Å². The molecule has 1 saturated heterocycles. The van der Waals surface area contributed by atoms with Gasteiger partial charge in [-0.25, -0.2) is 0 Å². The summed E-state index contributed by atoms with van der Waals surface area (Å²) in [6, 6.07) is -0.187. The van der Waals surface area contributed by atoms with Gasteiger partial charge in [0.05, 0.1) is 5.92 Å². The second kappa shape index (κ2) is 6.29. The largest absolute Gasteiger partial charge is 0.481 e. The zero-order chi connectivity index (χ0) is 12.8. The quantitative estimate of drug-likeness (QED) is 0.582. The van der Waals surface area contributed by atoms with Crippen LogP contribution in [0.4, 0.5) is 0 Å². The summed E-state index contributed by atoms with van der Waals surface area (Å²) in [5.41, 5.74) is 0. The van der Waals surface area contributed by atoms with Gasteiger partial charge in [-0.2, -0.15) is 0 Å². The summed E-state index contributed by atoms with van der Waals surface area (Å²) in [6.07, 6.45) is 8.49. The molecule has 1 rings (SSSR count). The van der Waals surface area contributed by atoms with Crippen molar-refractivity contribution in [2.75, 3.05) is 6.54 Å². The van der Waals surface area contributed by atoms with Crippen molar-refractivity contribution in [1.82, 2.24) is 4.90 Å². The Morgan fingerprint density at radius 3 is 2.71 bits per heavy atom. The molecular weight excluding hydrogens is 218 g/mol. The summed E-state index contributed by atoms with van der Waals surface area (Å²) in [4.78, 5) is 24.5. The van der Waals surface area contributed by atoms with E-state index in [0.717, 1.165) is 12.8 Å². The molecule has 0 saturated carbocycles. The molecule has 1 heterocycles. The zero-order valence-corrected chi connectivity index (χ0v) is 10.2. The molecule has 0 aromatic carbocycles. The van der Waals surface area contributed by atoms with Crippen molar-refractivity contribution in [3.05, 3.63) is 0 Å². The smallest absolute Gasteiger partial charge is 0.308 e. The van der Waals surface area contributed by atoms with Gasteiger partial charge in [0, 0.05) is 25.4 Å². The molecule has 1 amide bonds. The molecule has 0 spiro atoms. The molecule has 1 aliphatic rings. The van der Waals surface area contributed by atoms with Crippen LogP contribution in [0.5, 0.6) is 0 Å². The minimum absolute atomic E-state index is 0.0540. The number of carbonyl (C=O) groups excluding carboxylic acids is 1. The third kappa shape index (κ3) is 3.48. The zero-order valence-electron chi connectivity index (χ0n) is 10.2. The summed E-state index contributed by atoms with van der Waals surface area (Å²) < 4.78 is 0. The van der Waals surface area contributed by atoms with Crippen molar-refractivity contribution in [2.24, 2.45) is 5.92 Å². The van der Waals surface area contributed by atoms with Crippen LogP contribution in [0.2, 0.25) is 0 Å². The van der Waals surface area contributed by atoms with Crippen LogP contribution in [0, 0.1) is 18.3 Å². The summed E-state index contributed by atoms with van der Waals surface area (Å²) >= 11 is 0. The first-order chi connectivity index (χ1) is 8.07. The Morgan fingerprint density at radius 1 is 1.47 bits per heavy atom. The Hall–Kier alpha value is -1.50. The molecule has 94 valence electrons. The minimum Gasteiger partial charge on any atom is -0.481 e. The lowest BCUT2D eigenvalue weighted by Gasteiger charge is -2.23. The topological polar surface area (TPSA) is 57.6 Å². The molecule has 1 aliphatic heterocycles. The average Bonchev–Trinajstić information content (AvgIpc) is 2.66. The number of aliphatic carboxylic acids is 1. The molecule has 2 atom stereocenters. The first-order valence-corrected chi connectivity index (χ1v) is 6.03. The Bertz CT molecular complexity index is 332. The molecule has 0 aromatic heterocycles. The molecule has 2 unspecified atom stereocenters. The highest BCUT2D eigenvalue weighted by Crippen LogP contribution is 2.25. The van der Waals surface area contributed by atoms with E-state index < -0.39 is 11.9 Å². The predicted octanol–water partition coefficient (Wildman–Crippen LogP) is 1.50. The van der Waals surface area contributed by atoms with E-state index in [1.165, 1.54) is 0 Å². The highest BCUT2D eigenvalue weighted by molar-refractivity contribution is 5.79. The van der Waals surface area contributed by atoms with Crippen LogP contribution in [-0.4, -0.2) is 34.5 Å². The predicted molar refractivity (Wildman–Crippen MR) is 64.2 cm³/mol. The molecule has 17 heavy (non-hydrogen) atoms. The Labute approximate surface area is 102 Å². The minimum atomic E-state index is -0.805. The molecule has 0 bridgehead atoms. The van der Waals surface area contributed by atoms with Crippen molar-refractivity contribution in [2.45, 2.75) is 45.1 Å². The second-order valence-electron chi connectivity index (χ2n) is 4.47. The fourth-order valence-corrected chi connectivity index (χ4v) is 2.27. The molecule has 0 aromatic rings. The fourth-order valence-electron chi connectivity index (χ4n) is 2.27. The number of carboxylic acid groups (broad SMARTS) is 1. The van der Waals surface area contributed by atoms with E-state index in [2.05, 4.69) is 5.92 Å². The van der Waals surface area contributed by atoms with Crippen molar-refractivity contribution in [3.63, 3.8) is 0 Å². The highest BCUT2D eigenvalue weighted by Gasteiger charge is 2.37. The van der Waals surface area contributed by atoms with E-state index in [1.807, 2.05) is 6.92 Å². The number of hydrogen-bond acceptors (Lipinski definition) is 2. The van der Waals surface area contributed by atoms with Crippen LogP contribution in [0.1, 0.15) is 39.0 Å². The van der Waals surface area contributed by atoms with Crippen LogP contribution >= 0.6 is 0 Å². The highest BCUT2D eigenvalue weighted by atomic mass is 16.4. The molecule has 0 aliphatic carbocycles. The number of unbranched alkanes of at least 4 members (excludes halogenated alkanes) is 2. The van der Waals surface area contributed by atoms with Crippen molar-refractivity contribution < 1.29 is 14.7 Å².